The molecule has 0 aliphatic carbocycles. The number of carbonyl (C=O) groups is 2. The average Bonchev–Trinajstić information content (AvgIpc) is 2.97. The van der Waals surface area contributed by atoms with Crippen LogP contribution in [-0.2, 0) is 13.0 Å². The molecule has 148 valence electrons. The maximum absolute atomic E-state index is 12.8. The Kier molecular flexibility index (Phi) is 5.12. The number of aryl methyl sites for hydroxylation is 2. The number of carbonyl (C=O) groups excluding carboxylic acids is 2. The van der Waals surface area contributed by atoms with Gasteiger partial charge in [0.2, 0.25) is 0 Å². The van der Waals surface area contributed by atoms with Crippen LogP contribution in [0.1, 0.15) is 51.4 Å². The molecule has 3 aromatic rings. The van der Waals surface area contributed by atoms with Crippen LogP contribution < -0.4 is 16.4 Å². The van der Waals surface area contributed by atoms with Crippen LogP contribution in [-0.4, -0.2) is 21.4 Å². The highest BCUT2D eigenvalue weighted by atomic mass is 16.2. The summed E-state index contributed by atoms with van der Waals surface area (Å²) in [5.74, 6) is -0.102. The van der Waals surface area contributed by atoms with Crippen molar-refractivity contribution in [1.29, 1.82) is 0 Å². The number of hydrogen-bond donors (Lipinski definition) is 2. The van der Waals surface area contributed by atoms with E-state index in [4.69, 9.17) is 0 Å². The lowest BCUT2D eigenvalue weighted by Crippen LogP contribution is -2.41. The molecule has 1 aliphatic heterocycles. The second-order valence-electron chi connectivity index (χ2n) is 7.30. The number of aromatic nitrogens is 2. The molecule has 2 amide bonds. The van der Waals surface area contributed by atoms with Gasteiger partial charge in [0.05, 0.1) is 10.9 Å². The molecular weight excluding hydrogens is 368 g/mol. The number of hydrazine groups is 1. The van der Waals surface area contributed by atoms with Crippen molar-refractivity contribution < 1.29 is 9.59 Å². The quantitative estimate of drug-likeness (QED) is 0.658. The Labute approximate surface area is 167 Å². The zero-order valence-electron chi connectivity index (χ0n) is 16.2. The first-order valence-electron chi connectivity index (χ1n) is 9.74. The van der Waals surface area contributed by atoms with Crippen LogP contribution in [0.3, 0.4) is 0 Å². The molecule has 1 aromatic heterocycles. The van der Waals surface area contributed by atoms with Crippen LogP contribution in [0, 0.1) is 6.92 Å². The maximum atomic E-state index is 12.8. The SMILES string of the molecule is Cc1ccc(C(=O)NNC(=O)c2ccc3c(=O)n4c(nc3c2)CCCCC4)cc1. The number of nitrogens with one attached hydrogen (secondary N) is 2. The molecule has 1 aliphatic rings. The summed E-state index contributed by atoms with van der Waals surface area (Å²) in [6, 6.07) is 11.8. The van der Waals surface area contributed by atoms with Gasteiger partial charge in [0.25, 0.3) is 17.4 Å². The topological polar surface area (TPSA) is 93.1 Å². The van der Waals surface area contributed by atoms with Gasteiger partial charge < -0.3 is 0 Å². The van der Waals surface area contributed by atoms with Crippen LogP contribution in [0.15, 0.2) is 47.3 Å². The molecule has 0 radical (unpaired) electrons. The first-order chi connectivity index (χ1) is 14.0. The number of rotatable bonds is 2. The van der Waals surface area contributed by atoms with Gasteiger partial charge >= 0.3 is 0 Å². The fourth-order valence-corrected chi connectivity index (χ4v) is 3.52. The maximum Gasteiger partial charge on any atom is 0.269 e. The lowest BCUT2D eigenvalue weighted by molar-refractivity contribution is 0.0847. The Morgan fingerprint density at radius 2 is 1.62 bits per heavy atom. The summed E-state index contributed by atoms with van der Waals surface area (Å²) in [7, 11) is 0. The van der Waals surface area contributed by atoms with Gasteiger partial charge in [-0.2, -0.15) is 0 Å². The second-order valence-corrected chi connectivity index (χ2v) is 7.30. The van der Waals surface area contributed by atoms with Gasteiger partial charge in [-0.3, -0.25) is 29.8 Å². The third kappa shape index (κ3) is 3.89. The van der Waals surface area contributed by atoms with Crippen LogP contribution in [0.2, 0.25) is 0 Å². The van der Waals surface area contributed by atoms with Crippen molar-refractivity contribution in [3.8, 4) is 0 Å². The normalized spacial score (nSPS) is 13.4. The minimum absolute atomic E-state index is 0.0634. The van der Waals surface area contributed by atoms with Gasteiger partial charge in [-0.1, -0.05) is 24.1 Å². The van der Waals surface area contributed by atoms with E-state index in [1.165, 1.54) is 0 Å². The molecule has 0 atom stereocenters. The number of benzene rings is 2. The van der Waals surface area contributed by atoms with Crippen molar-refractivity contribution in [3.63, 3.8) is 0 Å². The van der Waals surface area contributed by atoms with Crippen molar-refractivity contribution >= 4 is 22.7 Å². The molecule has 0 unspecified atom stereocenters. The molecule has 2 N–H and O–H groups in total. The van der Waals surface area contributed by atoms with E-state index in [0.717, 1.165) is 37.1 Å². The van der Waals surface area contributed by atoms with E-state index in [-0.39, 0.29) is 5.56 Å². The Balaban J connectivity index is 1.54. The summed E-state index contributed by atoms with van der Waals surface area (Å²) in [6.45, 7) is 2.62. The molecule has 0 saturated heterocycles. The third-order valence-electron chi connectivity index (χ3n) is 5.18. The standard InChI is InChI=1S/C22H22N4O3/c1-14-6-8-15(9-7-14)20(27)24-25-21(28)16-10-11-17-18(13-16)23-19-5-3-2-4-12-26(19)22(17)29/h6-11,13H,2-5,12H2,1H3,(H,24,27)(H,25,28). The number of hydrogen-bond acceptors (Lipinski definition) is 4. The monoisotopic (exact) mass is 390 g/mol. The fourth-order valence-electron chi connectivity index (χ4n) is 3.52. The smallest absolute Gasteiger partial charge is 0.269 e. The Hall–Kier alpha value is -3.48. The molecule has 2 heterocycles. The zero-order valence-corrected chi connectivity index (χ0v) is 16.2. The second kappa shape index (κ2) is 7.87. The van der Waals surface area contributed by atoms with E-state index in [9.17, 15) is 14.4 Å². The van der Waals surface area contributed by atoms with Gasteiger partial charge in [0.1, 0.15) is 5.82 Å². The molecule has 0 saturated carbocycles. The van der Waals surface area contributed by atoms with Crippen molar-refractivity contribution in [2.24, 2.45) is 0 Å². The highest BCUT2D eigenvalue weighted by Gasteiger charge is 2.16. The summed E-state index contributed by atoms with van der Waals surface area (Å²) >= 11 is 0. The van der Waals surface area contributed by atoms with Gasteiger partial charge in [-0.05, 0) is 50.1 Å². The largest absolute Gasteiger partial charge is 0.296 e. The molecule has 0 bridgehead atoms. The van der Waals surface area contributed by atoms with E-state index >= 15 is 0 Å². The average molecular weight is 390 g/mol. The fraction of sp³-hybridized carbons (Fsp3) is 0.273. The Bertz CT molecular complexity index is 1150. The van der Waals surface area contributed by atoms with Crippen molar-refractivity contribution in [1.82, 2.24) is 20.4 Å². The van der Waals surface area contributed by atoms with Crippen molar-refractivity contribution in [2.75, 3.05) is 0 Å². The van der Waals surface area contributed by atoms with E-state index < -0.39 is 11.8 Å². The Morgan fingerprint density at radius 3 is 2.38 bits per heavy atom. The Morgan fingerprint density at radius 1 is 0.931 bits per heavy atom. The lowest BCUT2D eigenvalue weighted by Gasteiger charge is -2.11. The molecule has 0 spiro atoms. The number of amides is 2. The molecule has 7 nitrogen and oxygen atoms in total. The predicted molar refractivity (Wildman–Crippen MR) is 110 cm³/mol. The number of nitrogens with zero attached hydrogens (tertiary/aromatic N) is 2. The molecule has 7 heteroatoms. The molecular formula is C22H22N4O3. The first kappa shape index (κ1) is 18.9. The predicted octanol–water partition coefficient (Wildman–Crippen LogP) is 2.51. The van der Waals surface area contributed by atoms with Gasteiger partial charge in [0.15, 0.2) is 0 Å². The minimum atomic E-state index is -0.468. The summed E-state index contributed by atoms with van der Waals surface area (Å²) in [6.07, 6.45) is 3.81. The van der Waals surface area contributed by atoms with Crippen molar-refractivity contribution in [3.05, 3.63) is 75.3 Å². The van der Waals surface area contributed by atoms with Gasteiger partial charge in [0, 0.05) is 24.1 Å². The van der Waals surface area contributed by atoms with Gasteiger partial charge in [-0.15, -0.1) is 0 Å². The summed E-state index contributed by atoms with van der Waals surface area (Å²) in [5.41, 5.74) is 7.08. The molecule has 29 heavy (non-hydrogen) atoms. The van der Waals surface area contributed by atoms with E-state index in [1.54, 1.807) is 34.9 Å². The van der Waals surface area contributed by atoms with Crippen molar-refractivity contribution in [2.45, 2.75) is 39.2 Å². The van der Waals surface area contributed by atoms with E-state index in [2.05, 4.69) is 15.8 Å². The first-order valence-corrected chi connectivity index (χ1v) is 9.74. The summed E-state index contributed by atoms with van der Waals surface area (Å²) in [5, 5.41) is 0.496. The molecule has 2 aromatic carbocycles. The van der Waals surface area contributed by atoms with E-state index in [0.29, 0.717) is 28.6 Å². The third-order valence-corrected chi connectivity index (χ3v) is 5.18. The van der Waals surface area contributed by atoms with Crippen LogP contribution >= 0.6 is 0 Å². The van der Waals surface area contributed by atoms with Gasteiger partial charge in [-0.25, -0.2) is 4.98 Å². The minimum Gasteiger partial charge on any atom is -0.296 e. The van der Waals surface area contributed by atoms with Crippen LogP contribution in [0.4, 0.5) is 0 Å². The number of fused-ring (bicyclic) bond motifs is 2. The molecule has 4 rings (SSSR count). The molecule has 0 fully saturated rings. The summed E-state index contributed by atoms with van der Waals surface area (Å²) < 4.78 is 1.75. The van der Waals surface area contributed by atoms with Crippen LogP contribution in [0.5, 0.6) is 0 Å². The highest BCUT2D eigenvalue weighted by Crippen LogP contribution is 2.16. The highest BCUT2D eigenvalue weighted by molar-refractivity contribution is 6.00. The lowest BCUT2D eigenvalue weighted by atomic mass is 10.1. The van der Waals surface area contributed by atoms with E-state index in [1.807, 2.05) is 19.1 Å². The summed E-state index contributed by atoms with van der Waals surface area (Å²) in [4.78, 5) is 42.0. The zero-order chi connectivity index (χ0) is 20.4. The van der Waals surface area contributed by atoms with Crippen LogP contribution in [0.25, 0.3) is 10.9 Å².